The number of pyridine rings is 8. The second-order valence-corrected chi connectivity index (χ2v) is 28.1. The molecule has 0 saturated heterocycles. The van der Waals surface area contributed by atoms with Crippen LogP contribution in [0, 0.1) is 34.6 Å². The molecule has 12 heteroatoms. The number of aryl methyl sites for hydroxylation is 14. The molecule has 536 valence electrons. The van der Waals surface area contributed by atoms with E-state index in [9.17, 15) is 0 Å². The van der Waals surface area contributed by atoms with Crippen LogP contribution in [0.4, 0.5) is 0 Å². The van der Waals surface area contributed by atoms with E-state index in [2.05, 4.69) is 163 Å². The largest absolute Gasteiger partial charge is 0.437 e. The summed E-state index contributed by atoms with van der Waals surface area (Å²) in [6.45, 7) is 12.6. The molecule has 0 bridgehead atoms. The van der Waals surface area contributed by atoms with Gasteiger partial charge in [0.05, 0.1) is 22.3 Å². The molecule has 2 fully saturated rings. The topological polar surface area (TPSA) is 120 Å². The van der Waals surface area contributed by atoms with Gasteiger partial charge in [0, 0.05) is 143 Å². The Kier molecular flexibility index (Phi) is 15.8. The maximum atomic E-state index is 9.00. The van der Waals surface area contributed by atoms with Crippen molar-refractivity contribution in [3.63, 3.8) is 0 Å². The molecule has 0 aliphatic heterocycles. The molecule has 12 aromatic heterocycles. The van der Waals surface area contributed by atoms with Gasteiger partial charge in [0.15, 0.2) is 47.1 Å². The molecular weight excluding hydrogens is 1310 g/mol. The monoisotopic (exact) mass is 1420 g/mol. The predicted octanol–water partition coefficient (Wildman–Crippen LogP) is 21.9. The van der Waals surface area contributed by atoms with Gasteiger partial charge in [-0.05, 0) is 187 Å². The molecule has 2 saturated carbocycles. The van der Waals surface area contributed by atoms with Crippen molar-refractivity contribution >= 4 is 88.3 Å². The number of hydrogen-bond donors (Lipinski definition) is 0. The van der Waals surface area contributed by atoms with Gasteiger partial charge in [0.2, 0.25) is 45.6 Å². The number of fused-ring (bicyclic) bond motifs is 12. The van der Waals surface area contributed by atoms with Gasteiger partial charge in [-0.15, -0.1) is 0 Å². The van der Waals surface area contributed by atoms with Crippen LogP contribution in [-0.2, 0) is 60.3 Å². The van der Waals surface area contributed by atoms with Gasteiger partial charge in [-0.2, -0.15) is 0 Å². The molecule has 2 aliphatic carbocycles. The Labute approximate surface area is 642 Å². The first-order valence-corrected chi connectivity index (χ1v) is 37.0. The Morgan fingerprint density at radius 2 is 0.679 bits per heavy atom. The third-order valence-electron chi connectivity index (χ3n) is 20.9. The van der Waals surface area contributed by atoms with Gasteiger partial charge in [-0.3, -0.25) is 0 Å². The van der Waals surface area contributed by atoms with Crippen LogP contribution < -0.4 is 18.3 Å². The third kappa shape index (κ3) is 13.5. The van der Waals surface area contributed by atoms with E-state index in [1.54, 1.807) is 12.1 Å². The lowest BCUT2D eigenvalue weighted by Gasteiger charge is -2.20. The van der Waals surface area contributed by atoms with E-state index in [4.69, 9.17) is 36.9 Å². The second kappa shape index (κ2) is 30.0. The number of benzene rings is 4. The maximum absolute atomic E-state index is 9.00. The average Bonchev–Trinajstić information content (AvgIpc) is 0.932. The Morgan fingerprint density at radius 3 is 1.04 bits per heavy atom. The van der Waals surface area contributed by atoms with E-state index in [0.717, 1.165) is 169 Å². The second-order valence-electron chi connectivity index (χ2n) is 28.1. The van der Waals surface area contributed by atoms with Gasteiger partial charge in [0.25, 0.3) is 0 Å². The van der Waals surface area contributed by atoms with Crippen LogP contribution >= 0.6 is 0 Å². The molecule has 16 aromatic rings. The lowest BCUT2D eigenvalue weighted by molar-refractivity contribution is -0.660. The van der Waals surface area contributed by atoms with Gasteiger partial charge in [-0.25, -0.2) is 38.2 Å². The SMILES string of the molecule is [2H]C([2H])([2H])Cc1ccc(-c2c(C)ccc3c2oc2nc(C)ccc23)[n+](C)c1.[2H]C([2H])([2H])Cc1ccc(-c2c(C)ccc3c2oc2nc(CC)ccc23)[n+](C)c1.[2H]C1([2H])CCCC([2H])([2H])C1([2H])c1ccc2c(n1)oc1c(-c3ccc(CC)c[n+]3C)c(C)ccc12.[2H]C1([2H])CCCC1([2H])c1ccc2c(n1)oc1c(-c3ccc(CC)c[n+]3C)c(C)ccc12. The fourth-order valence-corrected chi connectivity index (χ4v) is 15.1. The van der Waals surface area contributed by atoms with Gasteiger partial charge in [-0.1, -0.05) is 115 Å². The van der Waals surface area contributed by atoms with E-state index in [1.807, 2.05) is 117 Å². The van der Waals surface area contributed by atoms with Crippen molar-refractivity contribution in [3.8, 4) is 45.0 Å². The first-order chi connectivity index (χ1) is 56.7. The van der Waals surface area contributed by atoms with Crippen molar-refractivity contribution in [2.75, 3.05) is 0 Å². The van der Waals surface area contributed by atoms with Crippen LogP contribution in [0.25, 0.3) is 133 Å². The Hall–Kier alpha value is -10.7. The minimum absolute atomic E-state index is 0.0537. The normalized spacial score (nSPS) is 18.6. The highest BCUT2D eigenvalue weighted by Crippen LogP contribution is 2.43. The molecular formula is C94H100N8O4+4. The summed E-state index contributed by atoms with van der Waals surface area (Å²) >= 11 is 0. The smallest absolute Gasteiger partial charge is 0.227 e. The number of furan rings is 4. The first kappa shape index (κ1) is 55.7. The quantitative estimate of drug-likeness (QED) is 0.117. The van der Waals surface area contributed by atoms with Crippen LogP contribution in [-0.4, -0.2) is 19.9 Å². The minimum atomic E-state index is -2.12. The highest BCUT2D eigenvalue weighted by atomic mass is 16.4. The first-order valence-electron chi connectivity index (χ1n) is 44.0. The van der Waals surface area contributed by atoms with E-state index >= 15 is 0 Å². The molecule has 12 nitrogen and oxygen atoms in total. The summed E-state index contributed by atoms with van der Waals surface area (Å²) < 4.78 is 147. The lowest BCUT2D eigenvalue weighted by Crippen LogP contribution is -2.31. The summed E-state index contributed by atoms with van der Waals surface area (Å²) in [5.41, 5.74) is 24.1. The summed E-state index contributed by atoms with van der Waals surface area (Å²) in [4.78, 5) is 18.4. The standard InChI is InChI=1S/C26H29N2O.C25H27N2O.C22H23N2O.C21H21N2O/c1-4-18-11-15-23(28(3)16-18)24-17(2)10-12-20-21-13-14-22(19-8-6-5-7-9-19)27-26(21)29-25(20)24;1-4-17-10-14-22(27(3)15-17)23-16(2)9-11-19-20-12-13-21(18-7-5-6-8-18)26-25(20)28-24(19)23;1-5-15-8-12-19(24(4)13-15)20-14(3)7-10-17-18-11-9-16(6-2)23-22(18)25-21(17)20;1-5-15-8-11-18(23(4)12-15)19-13(2)6-9-16-17-10-7-14(3)22-21(17)24-20(16)19/h10-16,19H,4-9H2,1-3H3;9-15,18H,4-8H2,1-3H3;7-13H,5-6H2,1-4H3;6-12H,5H2,1-4H3/q4*+1/i8D2,9D2,19D;7D2,18D;2*1D3. The zero-order chi connectivity index (χ0) is 85.8. The molecule has 0 amide bonds. The third-order valence-corrected chi connectivity index (χ3v) is 20.9. The number of rotatable bonds is 11. The van der Waals surface area contributed by atoms with E-state index < -0.39 is 44.6 Å². The summed E-state index contributed by atoms with van der Waals surface area (Å²) in [6, 6.07) is 48.0. The number of aromatic nitrogens is 8. The molecule has 0 N–H and O–H groups in total. The van der Waals surface area contributed by atoms with Crippen molar-refractivity contribution < 1.29 is 55.1 Å². The molecule has 1 unspecified atom stereocenters. The summed E-state index contributed by atoms with van der Waals surface area (Å²) in [6.07, 6.45) is 7.49. The van der Waals surface area contributed by atoms with E-state index in [-0.39, 0.29) is 31.4 Å². The van der Waals surface area contributed by atoms with Gasteiger partial charge >= 0.3 is 0 Å². The molecule has 0 spiro atoms. The lowest BCUT2D eigenvalue weighted by atomic mass is 9.86. The molecule has 18 rings (SSSR count). The maximum Gasteiger partial charge on any atom is 0.227 e. The molecule has 2 aliphatic rings. The zero-order valence-corrected chi connectivity index (χ0v) is 62.7. The highest BCUT2D eigenvalue weighted by molar-refractivity contribution is 6.12. The van der Waals surface area contributed by atoms with Crippen molar-refractivity contribution in [2.24, 2.45) is 28.2 Å². The highest BCUT2D eigenvalue weighted by Gasteiger charge is 2.28. The van der Waals surface area contributed by atoms with E-state index in [1.165, 1.54) is 11.1 Å². The fraction of sp³-hybridized carbons (Fsp3) is 0.319. The van der Waals surface area contributed by atoms with E-state index in [0.29, 0.717) is 59.8 Å². The molecule has 106 heavy (non-hydrogen) atoms. The van der Waals surface area contributed by atoms with Crippen molar-refractivity contribution in [3.05, 3.63) is 238 Å². The van der Waals surface area contributed by atoms with Crippen LogP contribution in [0.1, 0.15) is 190 Å². The van der Waals surface area contributed by atoms with Crippen molar-refractivity contribution in [1.29, 1.82) is 0 Å². The molecule has 0 radical (unpaired) electrons. The molecule has 12 heterocycles. The Balaban J connectivity index is 0.000000125. The van der Waals surface area contributed by atoms with Crippen LogP contribution in [0.5, 0.6) is 0 Å². The zero-order valence-electron chi connectivity index (χ0n) is 76.7. The summed E-state index contributed by atoms with van der Waals surface area (Å²) in [5.74, 6) is -3.45. The summed E-state index contributed by atoms with van der Waals surface area (Å²) in [7, 11) is 7.94. The Morgan fingerprint density at radius 1 is 0.349 bits per heavy atom. The number of nitrogens with zero attached hydrogens (tertiary/aromatic N) is 8. The van der Waals surface area contributed by atoms with Crippen LogP contribution in [0.2, 0.25) is 0 Å². The van der Waals surface area contributed by atoms with Crippen LogP contribution in [0.3, 0.4) is 0 Å². The molecule has 4 aromatic carbocycles. The van der Waals surface area contributed by atoms with Crippen molar-refractivity contribution in [2.45, 2.75) is 171 Å². The summed E-state index contributed by atoms with van der Waals surface area (Å²) in [5, 5.41) is 7.63. The van der Waals surface area contributed by atoms with Crippen molar-refractivity contribution in [1.82, 2.24) is 19.9 Å². The van der Waals surface area contributed by atoms with Gasteiger partial charge < -0.3 is 17.7 Å². The Bertz CT molecular complexity index is 6700. The number of hydrogen-bond acceptors (Lipinski definition) is 8. The minimum Gasteiger partial charge on any atom is -0.437 e. The molecule has 1 atom stereocenters. The van der Waals surface area contributed by atoms with Crippen LogP contribution in [0.15, 0.2) is 188 Å². The fourth-order valence-electron chi connectivity index (χ4n) is 15.1. The van der Waals surface area contributed by atoms with Gasteiger partial charge in [0.1, 0.15) is 28.2 Å². The average molecular weight is 1420 g/mol. The predicted molar refractivity (Wildman–Crippen MR) is 430 cm³/mol.